The van der Waals surface area contributed by atoms with Crippen LogP contribution >= 0.6 is 0 Å². The van der Waals surface area contributed by atoms with E-state index in [1.54, 1.807) is 12.1 Å². The largest absolute Gasteiger partial charge is 0.506 e. The summed E-state index contributed by atoms with van der Waals surface area (Å²) in [7, 11) is 0. The van der Waals surface area contributed by atoms with E-state index in [2.05, 4.69) is 10.3 Å². The van der Waals surface area contributed by atoms with Crippen LogP contribution in [0.3, 0.4) is 0 Å². The highest BCUT2D eigenvalue weighted by Gasteiger charge is 2.02. The Kier molecular flexibility index (Phi) is 4.72. The maximum absolute atomic E-state index is 10.3. The number of aromatic nitrogens is 1. The predicted molar refractivity (Wildman–Crippen MR) is 59.2 cm³/mol. The molecule has 3 N–H and O–H groups in total. The Morgan fingerprint density at radius 3 is 2.94 bits per heavy atom. The zero-order chi connectivity index (χ0) is 12.0. The van der Waals surface area contributed by atoms with Gasteiger partial charge in [-0.05, 0) is 32.0 Å². The van der Waals surface area contributed by atoms with Crippen molar-refractivity contribution < 1.29 is 15.0 Å². The topological polar surface area (TPSA) is 82.5 Å². The maximum Gasteiger partial charge on any atom is 0.303 e. The van der Waals surface area contributed by atoms with Gasteiger partial charge < -0.3 is 15.5 Å². The normalized spacial score (nSPS) is 10.3. The van der Waals surface area contributed by atoms with Gasteiger partial charge >= 0.3 is 5.97 Å². The number of nitrogens with one attached hydrogen (secondary N) is 1. The second-order valence-electron chi connectivity index (χ2n) is 3.59. The molecule has 1 aromatic rings. The maximum atomic E-state index is 10.3. The third-order valence-electron chi connectivity index (χ3n) is 2.13. The van der Waals surface area contributed by atoms with E-state index in [-0.39, 0.29) is 12.2 Å². The van der Waals surface area contributed by atoms with Crippen molar-refractivity contribution >= 4 is 5.97 Å². The number of aryl methyl sites for hydroxylation is 1. The van der Waals surface area contributed by atoms with Gasteiger partial charge in [-0.2, -0.15) is 0 Å². The average Bonchev–Trinajstić information content (AvgIpc) is 2.22. The first-order valence-electron chi connectivity index (χ1n) is 5.17. The van der Waals surface area contributed by atoms with Crippen LogP contribution in [0.25, 0.3) is 0 Å². The van der Waals surface area contributed by atoms with Crippen LogP contribution in [0, 0.1) is 6.92 Å². The van der Waals surface area contributed by atoms with E-state index in [9.17, 15) is 9.90 Å². The van der Waals surface area contributed by atoms with Crippen LogP contribution in [0.4, 0.5) is 0 Å². The standard InChI is InChI=1S/C11H16N2O3/c1-8-4-5-10(14)9(13-8)7-12-6-2-3-11(15)16/h4-5,12,14H,2-3,6-7H2,1H3,(H,15,16). The summed E-state index contributed by atoms with van der Waals surface area (Å²) in [5.74, 6) is -0.630. The third kappa shape index (κ3) is 4.27. The van der Waals surface area contributed by atoms with Crippen LogP contribution < -0.4 is 5.32 Å². The zero-order valence-corrected chi connectivity index (χ0v) is 9.23. The van der Waals surface area contributed by atoms with Gasteiger partial charge in [-0.25, -0.2) is 0 Å². The first kappa shape index (κ1) is 12.4. The Labute approximate surface area is 94.1 Å². The van der Waals surface area contributed by atoms with Crippen LogP contribution in [0.1, 0.15) is 24.2 Å². The number of carboxylic acids is 1. The van der Waals surface area contributed by atoms with Gasteiger partial charge in [0, 0.05) is 18.7 Å². The molecule has 1 rings (SSSR count). The van der Waals surface area contributed by atoms with Gasteiger partial charge in [0.2, 0.25) is 0 Å². The lowest BCUT2D eigenvalue weighted by atomic mass is 10.2. The van der Waals surface area contributed by atoms with Gasteiger partial charge in [0.15, 0.2) is 0 Å². The summed E-state index contributed by atoms with van der Waals surface area (Å²) in [5.41, 5.74) is 1.44. The van der Waals surface area contributed by atoms with E-state index in [1.165, 1.54) is 0 Å². The molecule has 0 radical (unpaired) electrons. The average molecular weight is 224 g/mol. The molecule has 88 valence electrons. The summed E-state index contributed by atoms with van der Waals surface area (Å²) >= 11 is 0. The molecule has 0 fully saturated rings. The van der Waals surface area contributed by atoms with Crippen molar-refractivity contribution in [1.29, 1.82) is 0 Å². The van der Waals surface area contributed by atoms with Crippen molar-refractivity contribution in [3.8, 4) is 5.75 Å². The Hall–Kier alpha value is -1.62. The van der Waals surface area contributed by atoms with Crippen molar-refractivity contribution in [1.82, 2.24) is 10.3 Å². The van der Waals surface area contributed by atoms with Crippen molar-refractivity contribution in [3.05, 3.63) is 23.5 Å². The van der Waals surface area contributed by atoms with E-state index < -0.39 is 5.97 Å². The number of carboxylic acid groups (broad SMARTS) is 1. The van der Waals surface area contributed by atoms with Crippen LogP contribution in [-0.2, 0) is 11.3 Å². The highest BCUT2D eigenvalue weighted by atomic mass is 16.4. The molecular weight excluding hydrogens is 208 g/mol. The summed E-state index contributed by atoms with van der Waals surface area (Å²) in [5, 5.41) is 21.0. The number of aromatic hydroxyl groups is 1. The first-order valence-corrected chi connectivity index (χ1v) is 5.17. The Balaban J connectivity index is 2.31. The number of aliphatic carboxylic acids is 1. The van der Waals surface area contributed by atoms with E-state index in [0.29, 0.717) is 25.2 Å². The number of rotatable bonds is 6. The molecule has 0 amide bonds. The second kappa shape index (κ2) is 6.07. The van der Waals surface area contributed by atoms with Gasteiger partial charge in [0.1, 0.15) is 5.75 Å². The fraction of sp³-hybridized carbons (Fsp3) is 0.455. The highest BCUT2D eigenvalue weighted by molar-refractivity contribution is 5.66. The van der Waals surface area contributed by atoms with Crippen molar-refractivity contribution in [2.75, 3.05) is 6.54 Å². The first-order chi connectivity index (χ1) is 7.59. The predicted octanol–water partition coefficient (Wildman–Crippen LogP) is 1.05. The minimum atomic E-state index is -0.793. The van der Waals surface area contributed by atoms with E-state index in [1.807, 2.05) is 6.92 Å². The van der Waals surface area contributed by atoms with E-state index in [4.69, 9.17) is 5.11 Å². The van der Waals surface area contributed by atoms with Gasteiger partial charge in [0.25, 0.3) is 0 Å². The van der Waals surface area contributed by atoms with Crippen molar-refractivity contribution in [2.24, 2.45) is 0 Å². The quantitative estimate of drug-likeness (QED) is 0.629. The van der Waals surface area contributed by atoms with Crippen LogP contribution in [0.15, 0.2) is 12.1 Å². The summed E-state index contributed by atoms with van der Waals surface area (Å²) in [4.78, 5) is 14.4. The molecule has 0 aliphatic carbocycles. The third-order valence-corrected chi connectivity index (χ3v) is 2.13. The van der Waals surface area contributed by atoms with Gasteiger partial charge in [-0.15, -0.1) is 0 Å². The number of carbonyl (C=O) groups is 1. The molecule has 0 unspecified atom stereocenters. The molecule has 16 heavy (non-hydrogen) atoms. The highest BCUT2D eigenvalue weighted by Crippen LogP contribution is 2.13. The fourth-order valence-electron chi connectivity index (χ4n) is 1.30. The minimum Gasteiger partial charge on any atom is -0.506 e. The molecule has 0 saturated heterocycles. The van der Waals surface area contributed by atoms with Crippen molar-refractivity contribution in [3.63, 3.8) is 0 Å². The molecule has 5 nitrogen and oxygen atoms in total. The smallest absolute Gasteiger partial charge is 0.303 e. The van der Waals surface area contributed by atoms with Crippen LogP contribution in [0.5, 0.6) is 5.75 Å². The zero-order valence-electron chi connectivity index (χ0n) is 9.23. The minimum absolute atomic E-state index is 0.153. The molecule has 0 aromatic carbocycles. The molecule has 0 saturated carbocycles. The molecule has 0 bridgehead atoms. The summed E-state index contributed by atoms with van der Waals surface area (Å²) in [6, 6.07) is 3.35. The van der Waals surface area contributed by atoms with E-state index >= 15 is 0 Å². The van der Waals surface area contributed by atoms with E-state index in [0.717, 1.165) is 5.69 Å². The summed E-state index contributed by atoms with van der Waals surface area (Å²) in [6.07, 6.45) is 0.724. The van der Waals surface area contributed by atoms with Crippen LogP contribution in [0.2, 0.25) is 0 Å². The summed E-state index contributed by atoms with van der Waals surface area (Å²) in [6.45, 7) is 2.90. The molecule has 0 atom stereocenters. The van der Waals surface area contributed by atoms with Gasteiger partial charge in [-0.1, -0.05) is 0 Å². The lowest BCUT2D eigenvalue weighted by Crippen LogP contribution is -2.16. The molecule has 1 aromatic heterocycles. The number of hydrogen-bond donors (Lipinski definition) is 3. The SMILES string of the molecule is Cc1ccc(O)c(CNCCCC(=O)O)n1. The number of hydrogen-bond acceptors (Lipinski definition) is 4. The fourth-order valence-corrected chi connectivity index (χ4v) is 1.30. The second-order valence-corrected chi connectivity index (χ2v) is 3.59. The number of nitrogens with zero attached hydrogens (tertiary/aromatic N) is 1. The molecule has 0 spiro atoms. The van der Waals surface area contributed by atoms with Crippen LogP contribution in [-0.4, -0.2) is 27.7 Å². The van der Waals surface area contributed by atoms with Gasteiger partial charge in [0.05, 0.1) is 5.69 Å². The van der Waals surface area contributed by atoms with Gasteiger partial charge in [-0.3, -0.25) is 9.78 Å². The monoisotopic (exact) mass is 224 g/mol. The van der Waals surface area contributed by atoms with Crippen molar-refractivity contribution in [2.45, 2.75) is 26.3 Å². The molecule has 0 aliphatic heterocycles. The Morgan fingerprint density at radius 2 is 2.25 bits per heavy atom. The molecule has 5 heteroatoms. The number of pyridine rings is 1. The molecule has 0 aliphatic rings. The Morgan fingerprint density at radius 1 is 1.50 bits per heavy atom. The molecular formula is C11H16N2O3. The lowest BCUT2D eigenvalue weighted by molar-refractivity contribution is -0.137. The Bertz CT molecular complexity index is 366. The lowest BCUT2D eigenvalue weighted by Gasteiger charge is -2.06. The summed E-state index contributed by atoms with van der Waals surface area (Å²) < 4.78 is 0. The molecule has 1 heterocycles.